The summed E-state index contributed by atoms with van der Waals surface area (Å²) in [6, 6.07) is 7.36. The highest BCUT2D eigenvalue weighted by Gasteiger charge is 2.14. The molecule has 0 aromatic carbocycles. The molecule has 0 saturated heterocycles. The first-order valence-corrected chi connectivity index (χ1v) is 10.4. The van der Waals surface area contributed by atoms with E-state index in [1.54, 1.807) is 36.4 Å². The number of hydrogen-bond donors (Lipinski definition) is 2. The molecule has 0 atom stereocenters. The molecule has 10 nitrogen and oxygen atoms in total. The van der Waals surface area contributed by atoms with Crippen LogP contribution in [0, 0.1) is 6.92 Å². The number of aromatic nitrogens is 6. The number of rotatable bonds is 9. The van der Waals surface area contributed by atoms with Crippen molar-refractivity contribution >= 4 is 5.95 Å². The summed E-state index contributed by atoms with van der Waals surface area (Å²) in [6.07, 6.45) is 7.63. The number of aliphatic hydroxyl groups excluding tert-OH is 1. The summed E-state index contributed by atoms with van der Waals surface area (Å²) >= 11 is 0. The highest BCUT2D eigenvalue weighted by atomic mass is 16.5. The van der Waals surface area contributed by atoms with E-state index in [2.05, 4.69) is 30.4 Å². The summed E-state index contributed by atoms with van der Waals surface area (Å²) in [5, 5.41) is 16.2. The van der Waals surface area contributed by atoms with Crippen LogP contribution in [0.2, 0.25) is 0 Å². The number of ether oxygens (including phenoxy) is 2. The summed E-state index contributed by atoms with van der Waals surface area (Å²) in [5.74, 6) is 2.13. The number of aryl methyl sites for hydroxylation is 2. The Morgan fingerprint density at radius 1 is 1.09 bits per heavy atom. The highest BCUT2D eigenvalue weighted by molar-refractivity contribution is 5.66. The minimum atomic E-state index is 0.101. The van der Waals surface area contributed by atoms with Gasteiger partial charge in [0.15, 0.2) is 0 Å². The van der Waals surface area contributed by atoms with E-state index in [4.69, 9.17) is 14.6 Å². The zero-order chi connectivity index (χ0) is 23.2. The maximum absolute atomic E-state index is 8.92. The second-order valence-electron chi connectivity index (χ2n) is 7.28. The molecule has 0 aliphatic heterocycles. The Balaban J connectivity index is 1.54. The molecule has 0 aliphatic rings. The average Bonchev–Trinajstić information content (AvgIpc) is 3.27. The Labute approximate surface area is 191 Å². The van der Waals surface area contributed by atoms with Crippen LogP contribution >= 0.6 is 0 Å². The molecule has 4 aromatic rings. The van der Waals surface area contributed by atoms with Gasteiger partial charge in [-0.15, -0.1) is 0 Å². The fourth-order valence-electron chi connectivity index (χ4n) is 3.18. The minimum absolute atomic E-state index is 0.101. The summed E-state index contributed by atoms with van der Waals surface area (Å²) in [4.78, 5) is 17.8. The van der Waals surface area contributed by atoms with Crippen LogP contribution in [0.15, 0.2) is 49.1 Å². The predicted molar refractivity (Wildman–Crippen MR) is 123 cm³/mol. The van der Waals surface area contributed by atoms with Crippen molar-refractivity contribution < 1.29 is 14.6 Å². The van der Waals surface area contributed by atoms with Crippen molar-refractivity contribution in [3.63, 3.8) is 0 Å². The lowest BCUT2D eigenvalue weighted by molar-refractivity contribution is 0.292. The standard InChI is InChI=1S/C23H25N7O3/c1-15-21(33-17-7-9-24-20(11-17)16-12-27-30(2)14-16)6-5-19(28-15)18-13-26-23(25-8-4-10-31)29-22(18)32-3/h5-7,9,11-14,31H,4,8,10H2,1-3H3,(H,25,26,29). The van der Waals surface area contributed by atoms with Crippen molar-refractivity contribution in [1.29, 1.82) is 0 Å². The highest BCUT2D eigenvalue weighted by Crippen LogP contribution is 2.31. The summed E-state index contributed by atoms with van der Waals surface area (Å²) in [5.41, 5.74) is 3.73. The molecule has 0 bridgehead atoms. The molecule has 0 aliphatic carbocycles. The SMILES string of the molecule is COc1nc(NCCCO)ncc1-c1ccc(Oc2ccnc(-c3cnn(C)c3)c2)c(C)n1. The number of anilines is 1. The molecule has 4 aromatic heterocycles. The number of aliphatic hydroxyl groups is 1. The number of nitrogens with zero attached hydrogens (tertiary/aromatic N) is 6. The van der Waals surface area contributed by atoms with Gasteiger partial charge in [0.1, 0.15) is 11.5 Å². The van der Waals surface area contributed by atoms with Crippen LogP contribution < -0.4 is 14.8 Å². The van der Waals surface area contributed by atoms with Gasteiger partial charge in [0.05, 0.1) is 36.0 Å². The summed E-state index contributed by atoms with van der Waals surface area (Å²) in [6.45, 7) is 2.55. The van der Waals surface area contributed by atoms with Crippen LogP contribution in [0.25, 0.3) is 22.5 Å². The Kier molecular flexibility index (Phi) is 6.75. The van der Waals surface area contributed by atoms with Gasteiger partial charge in [0, 0.05) is 50.4 Å². The van der Waals surface area contributed by atoms with E-state index >= 15 is 0 Å². The molecule has 170 valence electrons. The maximum atomic E-state index is 8.92. The zero-order valence-corrected chi connectivity index (χ0v) is 18.7. The third kappa shape index (κ3) is 5.24. The predicted octanol–water partition coefficient (Wildman–Crippen LogP) is 3.24. The van der Waals surface area contributed by atoms with Gasteiger partial charge in [-0.2, -0.15) is 10.1 Å². The van der Waals surface area contributed by atoms with E-state index in [-0.39, 0.29) is 6.61 Å². The second-order valence-corrected chi connectivity index (χ2v) is 7.28. The van der Waals surface area contributed by atoms with Gasteiger partial charge >= 0.3 is 0 Å². The van der Waals surface area contributed by atoms with Crippen LogP contribution in [0.5, 0.6) is 17.4 Å². The normalized spacial score (nSPS) is 10.8. The van der Waals surface area contributed by atoms with E-state index in [1.165, 1.54) is 0 Å². The third-order valence-corrected chi connectivity index (χ3v) is 4.84. The fourth-order valence-corrected chi connectivity index (χ4v) is 3.18. The molecular weight excluding hydrogens is 422 g/mol. The van der Waals surface area contributed by atoms with Crippen molar-refractivity contribution in [2.45, 2.75) is 13.3 Å². The number of methoxy groups -OCH3 is 1. The van der Waals surface area contributed by atoms with Gasteiger partial charge in [0.25, 0.3) is 0 Å². The van der Waals surface area contributed by atoms with Crippen molar-refractivity contribution in [2.75, 3.05) is 25.6 Å². The maximum Gasteiger partial charge on any atom is 0.227 e. The summed E-state index contributed by atoms with van der Waals surface area (Å²) < 4.78 is 13.3. The topological polar surface area (TPSA) is 120 Å². The molecule has 0 amide bonds. The molecule has 4 rings (SSSR count). The largest absolute Gasteiger partial charge is 0.480 e. The molecule has 0 saturated carbocycles. The molecular formula is C23H25N7O3. The second kappa shape index (κ2) is 10.0. The zero-order valence-electron chi connectivity index (χ0n) is 18.7. The van der Waals surface area contributed by atoms with Crippen LogP contribution in [0.4, 0.5) is 5.95 Å². The molecule has 33 heavy (non-hydrogen) atoms. The monoisotopic (exact) mass is 447 g/mol. The number of pyridine rings is 2. The molecule has 2 N–H and O–H groups in total. The van der Waals surface area contributed by atoms with Crippen LogP contribution in [-0.2, 0) is 7.05 Å². The number of hydrogen-bond acceptors (Lipinski definition) is 9. The van der Waals surface area contributed by atoms with Crippen LogP contribution in [0.3, 0.4) is 0 Å². The van der Waals surface area contributed by atoms with Gasteiger partial charge in [-0.25, -0.2) is 9.97 Å². The quantitative estimate of drug-likeness (QED) is 0.373. The lowest BCUT2D eigenvalue weighted by atomic mass is 10.2. The number of nitrogens with one attached hydrogen (secondary N) is 1. The van der Waals surface area contributed by atoms with Gasteiger partial charge in [0.2, 0.25) is 11.8 Å². The molecule has 0 unspecified atom stereocenters. The summed E-state index contributed by atoms with van der Waals surface area (Å²) in [7, 11) is 3.42. The van der Waals surface area contributed by atoms with Gasteiger partial charge < -0.3 is 19.9 Å². The van der Waals surface area contributed by atoms with Crippen molar-refractivity contribution in [3.8, 4) is 39.9 Å². The van der Waals surface area contributed by atoms with Crippen LogP contribution in [-0.4, -0.2) is 55.1 Å². The lowest BCUT2D eigenvalue weighted by Gasteiger charge is -2.12. The Morgan fingerprint density at radius 2 is 1.97 bits per heavy atom. The molecule has 10 heteroatoms. The fraction of sp³-hybridized carbons (Fsp3) is 0.261. The van der Waals surface area contributed by atoms with Gasteiger partial charge in [-0.1, -0.05) is 0 Å². The van der Waals surface area contributed by atoms with E-state index in [9.17, 15) is 0 Å². The smallest absolute Gasteiger partial charge is 0.227 e. The van der Waals surface area contributed by atoms with Crippen molar-refractivity contribution in [3.05, 3.63) is 54.7 Å². The van der Waals surface area contributed by atoms with E-state index in [0.29, 0.717) is 53.2 Å². The van der Waals surface area contributed by atoms with Gasteiger partial charge in [-0.05, 0) is 31.5 Å². The third-order valence-electron chi connectivity index (χ3n) is 4.84. The van der Waals surface area contributed by atoms with E-state index in [0.717, 1.165) is 11.3 Å². The first kappa shape index (κ1) is 22.2. The Bertz CT molecular complexity index is 1240. The molecule has 0 radical (unpaired) electrons. The first-order valence-electron chi connectivity index (χ1n) is 10.4. The van der Waals surface area contributed by atoms with E-state index < -0.39 is 0 Å². The molecule has 4 heterocycles. The first-order chi connectivity index (χ1) is 16.1. The van der Waals surface area contributed by atoms with E-state index in [1.807, 2.05) is 38.4 Å². The average molecular weight is 447 g/mol. The Hall–Kier alpha value is -4.05. The molecule has 0 spiro atoms. The van der Waals surface area contributed by atoms with Crippen LogP contribution in [0.1, 0.15) is 12.1 Å². The lowest BCUT2D eigenvalue weighted by Crippen LogP contribution is -2.08. The minimum Gasteiger partial charge on any atom is -0.480 e. The van der Waals surface area contributed by atoms with Gasteiger partial charge in [-0.3, -0.25) is 9.67 Å². The van der Waals surface area contributed by atoms with Crippen molar-refractivity contribution in [1.82, 2.24) is 29.7 Å². The van der Waals surface area contributed by atoms with Crippen molar-refractivity contribution in [2.24, 2.45) is 7.05 Å². The molecule has 0 fully saturated rings. The Morgan fingerprint density at radius 3 is 2.70 bits per heavy atom.